The summed E-state index contributed by atoms with van der Waals surface area (Å²) < 4.78 is 24.6. The molecule has 0 spiro atoms. The molecule has 0 amide bonds. The highest BCUT2D eigenvalue weighted by atomic mass is 35.5. The summed E-state index contributed by atoms with van der Waals surface area (Å²) in [7, 11) is -1.43. The Labute approximate surface area is 101 Å². The molecular weight excluding hydrogens is 251 g/mol. The van der Waals surface area contributed by atoms with Crippen molar-refractivity contribution in [3.05, 3.63) is 29.0 Å². The number of carbonyl (C=O) groups excluding carboxylic acids is 1. The van der Waals surface area contributed by atoms with Crippen LogP contribution in [0, 0.1) is 5.82 Å². The average Bonchev–Trinajstić information content (AvgIpc) is 2.22. The average molecular weight is 263 g/mol. The van der Waals surface area contributed by atoms with Crippen LogP contribution in [0.4, 0.5) is 4.39 Å². The minimum atomic E-state index is -1.43. The van der Waals surface area contributed by atoms with Crippen molar-refractivity contribution in [3.63, 3.8) is 0 Å². The second kappa shape index (κ2) is 6.11. The molecule has 0 saturated heterocycles. The molecule has 1 aromatic carbocycles. The molecule has 0 fully saturated rings. The SMILES string of the molecule is CCCC(=O)CS(=O)c1ccc(F)c(Cl)c1. The van der Waals surface area contributed by atoms with Crippen molar-refractivity contribution >= 4 is 28.2 Å². The standard InChI is InChI=1S/C11H12ClFO2S/c1-2-3-8(14)7-16(15)9-4-5-11(13)10(12)6-9/h4-6H,2-3,7H2,1H3. The molecule has 0 aromatic heterocycles. The van der Waals surface area contributed by atoms with Crippen LogP contribution in [0.5, 0.6) is 0 Å². The van der Waals surface area contributed by atoms with E-state index in [0.29, 0.717) is 11.3 Å². The Morgan fingerprint density at radius 3 is 2.75 bits per heavy atom. The zero-order valence-electron chi connectivity index (χ0n) is 8.83. The van der Waals surface area contributed by atoms with Crippen LogP contribution in [0.2, 0.25) is 5.02 Å². The molecular formula is C11H12ClFO2S. The normalized spacial score (nSPS) is 12.4. The van der Waals surface area contributed by atoms with E-state index in [0.717, 1.165) is 12.5 Å². The third-order valence-electron chi connectivity index (χ3n) is 1.97. The number of hydrogen-bond donors (Lipinski definition) is 0. The summed E-state index contributed by atoms with van der Waals surface area (Å²) in [5.74, 6) is -0.640. The quantitative estimate of drug-likeness (QED) is 0.818. The maximum Gasteiger partial charge on any atom is 0.145 e. The van der Waals surface area contributed by atoms with E-state index in [9.17, 15) is 13.4 Å². The summed E-state index contributed by atoms with van der Waals surface area (Å²) in [5, 5.41) is -0.0752. The van der Waals surface area contributed by atoms with Crippen molar-refractivity contribution < 1.29 is 13.4 Å². The van der Waals surface area contributed by atoms with Gasteiger partial charge < -0.3 is 0 Å². The van der Waals surface area contributed by atoms with Crippen LogP contribution in [0.25, 0.3) is 0 Å². The molecule has 0 N–H and O–H groups in total. The largest absolute Gasteiger partial charge is 0.299 e. The van der Waals surface area contributed by atoms with Crippen molar-refractivity contribution in [2.45, 2.75) is 24.7 Å². The number of ketones is 1. The molecule has 16 heavy (non-hydrogen) atoms. The van der Waals surface area contributed by atoms with Crippen molar-refractivity contribution in [2.24, 2.45) is 0 Å². The lowest BCUT2D eigenvalue weighted by Gasteiger charge is -2.02. The fourth-order valence-electron chi connectivity index (χ4n) is 1.20. The molecule has 0 saturated carbocycles. The van der Waals surface area contributed by atoms with E-state index in [2.05, 4.69) is 0 Å². The number of benzene rings is 1. The van der Waals surface area contributed by atoms with E-state index in [4.69, 9.17) is 11.6 Å². The lowest BCUT2D eigenvalue weighted by molar-refractivity contribution is -0.116. The summed E-state index contributed by atoms with van der Waals surface area (Å²) in [6.07, 6.45) is 1.15. The van der Waals surface area contributed by atoms with Gasteiger partial charge in [-0.15, -0.1) is 0 Å². The minimum absolute atomic E-state index is 0.0319. The van der Waals surface area contributed by atoms with Gasteiger partial charge in [-0.2, -0.15) is 0 Å². The summed E-state index contributed by atoms with van der Waals surface area (Å²) in [4.78, 5) is 11.7. The molecule has 5 heteroatoms. The second-order valence-corrected chi connectivity index (χ2v) is 5.21. The van der Waals surface area contributed by atoms with Gasteiger partial charge in [-0.25, -0.2) is 4.39 Å². The zero-order valence-corrected chi connectivity index (χ0v) is 10.4. The number of hydrogen-bond acceptors (Lipinski definition) is 2. The van der Waals surface area contributed by atoms with Crippen molar-refractivity contribution in [2.75, 3.05) is 5.75 Å². The molecule has 88 valence electrons. The maximum atomic E-state index is 12.8. The van der Waals surface area contributed by atoms with Crippen LogP contribution in [-0.2, 0) is 15.6 Å². The van der Waals surface area contributed by atoms with Crippen LogP contribution < -0.4 is 0 Å². The van der Waals surface area contributed by atoms with Gasteiger partial charge in [-0.05, 0) is 24.6 Å². The Kier molecular flexibility index (Phi) is 5.09. The number of halogens is 2. The van der Waals surface area contributed by atoms with Crippen LogP contribution in [-0.4, -0.2) is 15.7 Å². The van der Waals surface area contributed by atoms with Gasteiger partial charge in [0.05, 0.1) is 21.6 Å². The first-order valence-corrected chi connectivity index (χ1v) is 6.59. The van der Waals surface area contributed by atoms with Gasteiger partial charge in [-0.3, -0.25) is 9.00 Å². The lowest BCUT2D eigenvalue weighted by atomic mass is 10.3. The second-order valence-electron chi connectivity index (χ2n) is 3.35. The van der Waals surface area contributed by atoms with E-state index in [1.807, 2.05) is 6.92 Å². The lowest BCUT2D eigenvalue weighted by Crippen LogP contribution is -2.10. The smallest absolute Gasteiger partial charge is 0.145 e. The Bertz CT molecular complexity index is 420. The van der Waals surface area contributed by atoms with Gasteiger partial charge in [0.2, 0.25) is 0 Å². The number of carbonyl (C=O) groups is 1. The van der Waals surface area contributed by atoms with Gasteiger partial charge in [0.25, 0.3) is 0 Å². The monoisotopic (exact) mass is 262 g/mol. The Balaban J connectivity index is 2.73. The molecule has 0 heterocycles. The highest BCUT2D eigenvalue weighted by molar-refractivity contribution is 7.85. The molecule has 0 aliphatic carbocycles. The third-order valence-corrected chi connectivity index (χ3v) is 3.63. The van der Waals surface area contributed by atoms with Crippen LogP contribution in [0.1, 0.15) is 19.8 Å². The predicted octanol–water partition coefficient (Wildman–Crippen LogP) is 2.96. The van der Waals surface area contributed by atoms with Crippen molar-refractivity contribution in [3.8, 4) is 0 Å². The van der Waals surface area contributed by atoms with Crippen molar-refractivity contribution in [1.29, 1.82) is 0 Å². The minimum Gasteiger partial charge on any atom is -0.299 e. The van der Waals surface area contributed by atoms with Crippen LogP contribution in [0.15, 0.2) is 23.1 Å². The number of rotatable bonds is 5. The van der Waals surface area contributed by atoms with Gasteiger partial charge in [0.15, 0.2) is 0 Å². The molecule has 0 aliphatic rings. The van der Waals surface area contributed by atoms with E-state index in [-0.39, 0.29) is 16.6 Å². The van der Waals surface area contributed by atoms with E-state index in [1.165, 1.54) is 12.1 Å². The Morgan fingerprint density at radius 1 is 1.50 bits per heavy atom. The van der Waals surface area contributed by atoms with E-state index < -0.39 is 16.6 Å². The summed E-state index contributed by atoms with van der Waals surface area (Å²) in [6.45, 7) is 1.88. The van der Waals surface area contributed by atoms with Crippen molar-refractivity contribution in [1.82, 2.24) is 0 Å². The predicted molar refractivity (Wildman–Crippen MR) is 62.6 cm³/mol. The highest BCUT2D eigenvalue weighted by Gasteiger charge is 2.11. The van der Waals surface area contributed by atoms with Gasteiger partial charge >= 0.3 is 0 Å². The molecule has 1 aromatic rings. The van der Waals surface area contributed by atoms with Crippen LogP contribution in [0.3, 0.4) is 0 Å². The highest BCUT2D eigenvalue weighted by Crippen LogP contribution is 2.18. The maximum absolute atomic E-state index is 12.8. The first-order chi connectivity index (χ1) is 7.54. The molecule has 1 rings (SSSR count). The Hall–Kier alpha value is -0.740. The molecule has 0 aliphatic heterocycles. The first kappa shape index (κ1) is 13.3. The van der Waals surface area contributed by atoms with E-state index in [1.54, 1.807) is 0 Å². The molecule has 0 radical (unpaired) electrons. The fourth-order valence-corrected chi connectivity index (χ4v) is 2.52. The third kappa shape index (κ3) is 3.68. The summed E-state index contributed by atoms with van der Waals surface area (Å²) in [6, 6.07) is 3.84. The Morgan fingerprint density at radius 2 is 2.19 bits per heavy atom. The molecule has 0 bridgehead atoms. The molecule has 2 nitrogen and oxygen atoms in total. The zero-order chi connectivity index (χ0) is 12.1. The van der Waals surface area contributed by atoms with Gasteiger partial charge in [0, 0.05) is 11.3 Å². The van der Waals surface area contributed by atoms with E-state index >= 15 is 0 Å². The molecule has 1 unspecified atom stereocenters. The van der Waals surface area contributed by atoms with Gasteiger partial charge in [0.1, 0.15) is 11.6 Å². The summed E-state index contributed by atoms with van der Waals surface area (Å²) >= 11 is 5.56. The first-order valence-electron chi connectivity index (χ1n) is 4.89. The number of Topliss-reactive ketones (excluding diaryl/α,β-unsaturated/α-hetero) is 1. The van der Waals surface area contributed by atoms with Crippen LogP contribution >= 0.6 is 11.6 Å². The van der Waals surface area contributed by atoms with Gasteiger partial charge in [-0.1, -0.05) is 18.5 Å². The fraction of sp³-hybridized carbons (Fsp3) is 0.364. The summed E-state index contributed by atoms with van der Waals surface area (Å²) in [5.41, 5.74) is 0. The molecule has 1 atom stereocenters. The topological polar surface area (TPSA) is 34.1 Å².